The van der Waals surface area contributed by atoms with Crippen LogP contribution in [-0.2, 0) is 6.54 Å². The highest BCUT2D eigenvalue weighted by Gasteiger charge is 2.19. The molecular weight excluding hydrogens is 388 g/mol. The molecule has 0 aliphatic rings. The summed E-state index contributed by atoms with van der Waals surface area (Å²) in [5.74, 6) is -0.348. The lowest BCUT2D eigenvalue weighted by Gasteiger charge is -2.29. The molecule has 3 aromatic rings. The summed E-state index contributed by atoms with van der Waals surface area (Å²) in [5.41, 5.74) is 4.13. The lowest BCUT2D eigenvalue weighted by Crippen LogP contribution is -2.22. The Morgan fingerprint density at radius 1 is 1.21 bits per heavy atom. The molecule has 0 atom stereocenters. The minimum absolute atomic E-state index is 0.157. The Hall–Kier alpha value is -3.31. The molecule has 1 aromatic heterocycles. The van der Waals surface area contributed by atoms with Crippen molar-refractivity contribution in [2.45, 2.75) is 13.5 Å². The molecule has 0 unspecified atom stereocenters. The van der Waals surface area contributed by atoms with Crippen molar-refractivity contribution >= 4 is 29.0 Å². The Kier molecular flexibility index (Phi) is 6.20. The molecule has 0 radical (unpaired) electrons. The van der Waals surface area contributed by atoms with Crippen LogP contribution in [0.2, 0.25) is 5.02 Å². The molecule has 0 saturated carbocycles. The molecule has 0 bridgehead atoms. The number of ether oxygens (including phenoxy) is 1. The van der Waals surface area contributed by atoms with Gasteiger partial charge >= 0.3 is 5.97 Å². The van der Waals surface area contributed by atoms with Crippen LogP contribution >= 0.6 is 11.6 Å². The third-order valence-electron chi connectivity index (χ3n) is 4.61. The second-order valence-corrected chi connectivity index (χ2v) is 6.95. The quantitative estimate of drug-likeness (QED) is 0.565. The number of halogens is 1. The standard InChI is InChI=1S/C23H21ClN2O3/c1-15-6-4-5-7-21(15)26(14-18-8-9-19(24)13-22(18)29-3)16(2)20-12-17(23(27)28)10-11-25-20/h4-13H,2,14H2,1,3H3,(H,27,28). The fraction of sp³-hybridized carbons (Fsp3) is 0.130. The zero-order valence-electron chi connectivity index (χ0n) is 16.2. The van der Waals surface area contributed by atoms with E-state index in [9.17, 15) is 9.90 Å². The molecule has 0 aliphatic carbocycles. The molecule has 0 saturated heterocycles. The molecule has 6 heteroatoms. The van der Waals surface area contributed by atoms with Crippen molar-refractivity contribution in [2.24, 2.45) is 0 Å². The Morgan fingerprint density at radius 2 is 1.97 bits per heavy atom. The van der Waals surface area contributed by atoms with Crippen molar-refractivity contribution in [3.05, 3.63) is 94.8 Å². The fourth-order valence-electron chi connectivity index (χ4n) is 3.07. The molecule has 3 rings (SSSR count). The van der Waals surface area contributed by atoms with Crippen LogP contribution in [0.1, 0.15) is 27.2 Å². The molecule has 0 amide bonds. The van der Waals surface area contributed by atoms with Gasteiger partial charge in [-0.2, -0.15) is 0 Å². The summed E-state index contributed by atoms with van der Waals surface area (Å²) < 4.78 is 5.50. The van der Waals surface area contributed by atoms with Gasteiger partial charge in [0, 0.05) is 22.5 Å². The van der Waals surface area contributed by atoms with Gasteiger partial charge in [0.1, 0.15) is 5.75 Å². The number of hydrogen-bond acceptors (Lipinski definition) is 4. The van der Waals surface area contributed by atoms with Gasteiger partial charge in [0.15, 0.2) is 0 Å². The van der Waals surface area contributed by atoms with Crippen LogP contribution in [0.3, 0.4) is 0 Å². The van der Waals surface area contributed by atoms with E-state index in [1.54, 1.807) is 13.2 Å². The fourth-order valence-corrected chi connectivity index (χ4v) is 3.23. The van der Waals surface area contributed by atoms with E-state index in [-0.39, 0.29) is 5.56 Å². The number of para-hydroxylation sites is 1. The number of anilines is 1. The summed E-state index contributed by atoms with van der Waals surface area (Å²) in [6, 6.07) is 16.4. The van der Waals surface area contributed by atoms with Gasteiger partial charge in [-0.25, -0.2) is 4.79 Å². The maximum atomic E-state index is 11.4. The van der Waals surface area contributed by atoms with Gasteiger partial charge in [-0.3, -0.25) is 4.98 Å². The summed E-state index contributed by atoms with van der Waals surface area (Å²) in [4.78, 5) is 17.7. The van der Waals surface area contributed by atoms with Crippen LogP contribution in [0.25, 0.3) is 5.70 Å². The molecule has 29 heavy (non-hydrogen) atoms. The second kappa shape index (κ2) is 8.80. The number of methoxy groups -OCH3 is 1. The maximum absolute atomic E-state index is 11.4. The number of aryl methyl sites for hydroxylation is 1. The van der Waals surface area contributed by atoms with Gasteiger partial charge in [0.25, 0.3) is 0 Å². The highest BCUT2D eigenvalue weighted by molar-refractivity contribution is 6.30. The maximum Gasteiger partial charge on any atom is 0.335 e. The molecule has 1 heterocycles. The van der Waals surface area contributed by atoms with Gasteiger partial charge in [0.05, 0.1) is 30.6 Å². The third kappa shape index (κ3) is 4.58. The average Bonchev–Trinajstić information content (AvgIpc) is 2.73. The Morgan fingerprint density at radius 3 is 2.66 bits per heavy atom. The second-order valence-electron chi connectivity index (χ2n) is 6.51. The largest absolute Gasteiger partial charge is 0.496 e. The summed E-state index contributed by atoms with van der Waals surface area (Å²) in [6.45, 7) is 6.67. The van der Waals surface area contributed by atoms with Crippen molar-refractivity contribution in [1.82, 2.24) is 4.98 Å². The molecule has 0 aliphatic heterocycles. The average molecular weight is 409 g/mol. The number of pyridine rings is 1. The van der Waals surface area contributed by atoms with Crippen molar-refractivity contribution in [2.75, 3.05) is 12.0 Å². The van der Waals surface area contributed by atoms with E-state index in [0.717, 1.165) is 16.8 Å². The minimum atomic E-state index is -1.01. The SMILES string of the molecule is C=C(c1cc(C(=O)O)ccn1)N(Cc1ccc(Cl)cc1OC)c1ccccc1C. The zero-order chi connectivity index (χ0) is 21.0. The summed E-state index contributed by atoms with van der Waals surface area (Å²) in [7, 11) is 1.60. The van der Waals surface area contributed by atoms with Gasteiger partial charge < -0.3 is 14.7 Å². The van der Waals surface area contributed by atoms with Crippen molar-refractivity contribution < 1.29 is 14.6 Å². The van der Waals surface area contributed by atoms with E-state index in [1.165, 1.54) is 18.3 Å². The minimum Gasteiger partial charge on any atom is -0.496 e. The van der Waals surface area contributed by atoms with E-state index < -0.39 is 5.97 Å². The molecule has 0 spiro atoms. The summed E-state index contributed by atoms with van der Waals surface area (Å²) in [6.07, 6.45) is 1.48. The first-order valence-electron chi connectivity index (χ1n) is 8.95. The van der Waals surface area contributed by atoms with E-state index in [1.807, 2.05) is 48.2 Å². The van der Waals surface area contributed by atoms with Gasteiger partial charge in [0.2, 0.25) is 0 Å². The number of hydrogen-bond donors (Lipinski definition) is 1. The summed E-state index contributed by atoms with van der Waals surface area (Å²) in [5, 5.41) is 9.91. The Labute approximate surface area is 174 Å². The number of rotatable bonds is 7. The highest BCUT2D eigenvalue weighted by atomic mass is 35.5. The van der Waals surface area contributed by atoms with Crippen molar-refractivity contribution in [1.29, 1.82) is 0 Å². The number of aromatic carboxylic acids is 1. The normalized spacial score (nSPS) is 10.4. The molecule has 0 fully saturated rings. The van der Waals surface area contributed by atoms with E-state index >= 15 is 0 Å². The van der Waals surface area contributed by atoms with Crippen LogP contribution in [-0.4, -0.2) is 23.2 Å². The number of carboxylic acids is 1. The van der Waals surface area contributed by atoms with Crippen LogP contribution in [0, 0.1) is 6.92 Å². The lowest BCUT2D eigenvalue weighted by atomic mass is 10.1. The molecule has 2 aromatic carbocycles. The first-order chi connectivity index (χ1) is 13.9. The lowest BCUT2D eigenvalue weighted by molar-refractivity contribution is 0.0696. The molecule has 1 N–H and O–H groups in total. The monoisotopic (exact) mass is 408 g/mol. The van der Waals surface area contributed by atoms with Crippen LogP contribution < -0.4 is 9.64 Å². The predicted octanol–water partition coefficient (Wildman–Crippen LogP) is 5.43. The van der Waals surface area contributed by atoms with Crippen molar-refractivity contribution in [3.63, 3.8) is 0 Å². The number of carbonyl (C=O) groups is 1. The van der Waals surface area contributed by atoms with Crippen LogP contribution in [0.4, 0.5) is 5.69 Å². The van der Waals surface area contributed by atoms with Crippen molar-refractivity contribution in [3.8, 4) is 5.75 Å². The molecule has 5 nitrogen and oxygen atoms in total. The highest BCUT2D eigenvalue weighted by Crippen LogP contribution is 2.32. The van der Waals surface area contributed by atoms with E-state index in [2.05, 4.69) is 11.6 Å². The summed E-state index contributed by atoms with van der Waals surface area (Å²) >= 11 is 6.10. The van der Waals surface area contributed by atoms with Gasteiger partial charge in [-0.05, 0) is 42.8 Å². The van der Waals surface area contributed by atoms with E-state index in [4.69, 9.17) is 16.3 Å². The molecular formula is C23H21ClN2O3. The molecule has 148 valence electrons. The van der Waals surface area contributed by atoms with Crippen LogP contribution in [0.5, 0.6) is 5.75 Å². The number of benzene rings is 2. The first kappa shape index (κ1) is 20.4. The number of aromatic nitrogens is 1. The Balaban J connectivity index is 2.07. The van der Waals surface area contributed by atoms with Crippen LogP contribution in [0.15, 0.2) is 67.4 Å². The first-order valence-corrected chi connectivity index (χ1v) is 9.32. The third-order valence-corrected chi connectivity index (χ3v) is 4.85. The smallest absolute Gasteiger partial charge is 0.335 e. The topological polar surface area (TPSA) is 62.7 Å². The number of nitrogens with zero attached hydrogens (tertiary/aromatic N) is 2. The van der Waals surface area contributed by atoms with Gasteiger partial charge in [-0.15, -0.1) is 0 Å². The Bertz CT molecular complexity index is 1070. The van der Waals surface area contributed by atoms with E-state index in [0.29, 0.717) is 28.7 Å². The zero-order valence-corrected chi connectivity index (χ0v) is 17.0. The predicted molar refractivity (Wildman–Crippen MR) is 116 cm³/mol. The number of carboxylic acid groups (broad SMARTS) is 1. The van der Waals surface area contributed by atoms with Gasteiger partial charge in [-0.1, -0.05) is 42.4 Å².